The van der Waals surface area contributed by atoms with Crippen molar-refractivity contribution in [2.45, 2.75) is 38.8 Å². The van der Waals surface area contributed by atoms with E-state index in [1.165, 1.54) is 0 Å². The van der Waals surface area contributed by atoms with E-state index in [0.29, 0.717) is 38.8 Å². The Morgan fingerprint density at radius 1 is 1.14 bits per heavy atom. The number of rotatable bonds is 8. The standard InChI is InChI=1S/C19H27F4N3O2.HI/c1-3-24-19(25-12-14-17(22)15(20)11-16(21)18(14)23)26-7-5-13(6-8-26)28-10-4-9-27-2;/h11,13H,3-10,12H2,1-2H3,(H,24,25);1H. The summed E-state index contributed by atoms with van der Waals surface area (Å²) in [5.41, 5.74) is -0.718. The van der Waals surface area contributed by atoms with Gasteiger partial charge in [0.1, 0.15) is 0 Å². The van der Waals surface area contributed by atoms with Gasteiger partial charge in [-0.25, -0.2) is 22.6 Å². The van der Waals surface area contributed by atoms with Gasteiger partial charge in [-0.15, -0.1) is 24.0 Å². The number of likely N-dealkylation sites (tertiary alicyclic amines) is 1. The van der Waals surface area contributed by atoms with Crippen LogP contribution in [0.1, 0.15) is 31.7 Å². The van der Waals surface area contributed by atoms with Crippen LogP contribution in [0.15, 0.2) is 11.1 Å². The maximum absolute atomic E-state index is 13.8. The zero-order valence-corrected chi connectivity index (χ0v) is 19.0. The van der Waals surface area contributed by atoms with Crippen molar-refractivity contribution in [1.29, 1.82) is 0 Å². The molecule has 0 atom stereocenters. The van der Waals surface area contributed by atoms with Gasteiger partial charge in [0.05, 0.1) is 18.2 Å². The van der Waals surface area contributed by atoms with Crippen molar-refractivity contribution < 1.29 is 27.0 Å². The van der Waals surface area contributed by atoms with E-state index < -0.39 is 35.4 Å². The number of piperidine rings is 1. The SMILES string of the molecule is CCNC(=NCc1c(F)c(F)cc(F)c1F)N1CCC(OCCCOC)CC1.I. The van der Waals surface area contributed by atoms with Crippen molar-refractivity contribution in [3.05, 3.63) is 34.9 Å². The molecule has 0 aromatic heterocycles. The zero-order valence-electron chi connectivity index (χ0n) is 16.6. The van der Waals surface area contributed by atoms with E-state index >= 15 is 0 Å². The van der Waals surface area contributed by atoms with Gasteiger partial charge in [0, 0.05) is 46.0 Å². The molecule has 5 nitrogen and oxygen atoms in total. The quantitative estimate of drug-likeness (QED) is 0.138. The fraction of sp³-hybridized carbons (Fsp3) is 0.632. The van der Waals surface area contributed by atoms with Crippen LogP contribution in [0.5, 0.6) is 0 Å². The molecule has 10 heteroatoms. The van der Waals surface area contributed by atoms with Crippen LogP contribution in [0.25, 0.3) is 0 Å². The molecule has 0 aliphatic carbocycles. The van der Waals surface area contributed by atoms with Gasteiger partial charge < -0.3 is 19.7 Å². The summed E-state index contributed by atoms with van der Waals surface area (Å²) in [5.74, 6) is -5.24. The number of benzene rings is 1. The maximum atomic E-state index is 13.8. The Kier molecular flexibility index (Phi) is 11.8. The van der Waals surface area contributed by atoms with E-state index in [1.54, 1.807) is 7.11 Å². The van der Waals surface area contributed by atoms with Gasteiger partial charge >= 0.3 is 0 Å². The fourth-order valence-corrected chi connectivity index (χ4v) is 3.03. The van der Waals surface area contributed by atoms with Gasteiger partial charge in [-0.05, 0) is 26.2 Å². The molecule has 1 saturated heterocycles. The van der Waals surface area contributed by atoms with Crippen molar-refractivity contribution in [3.63, 3.8) is 0 Å². The second-order valence-electron chi connectivity index (χ2n) is 6.52. The highest BCUT2D eigenvalue weighted by molar-refractivity contribution is 14.0. The molecule has 1 N–H and O–H groups in total. The lowest BCUT2D eigenvalue weighted by atomic mass is 10.1. The van der Waals surface area contributed by atoms with Gasteiger partial charge in [-0.1, -0.05) is 0 Å². The molecule has 0 unspecified atom stereocenters. The third-order valence-electron chi connectivity index (χ3n) is 4.51. The molecule has 1 aliphatic heterocycles. The summed E-state index contributed by atoms with van der Waals surface area (Å²) in [4.78, 5) is 6.13. The lowest BCUT2D eigenvalue weighted by Gasteiger charge is -2.34. The minimum Gasteiger partial charge on any atom is -0.385 e. The van der Waals surface area contributed by atoms with Crippen molar-refractivity contribution in [3.8, 4) is 0 Å². The van der Waals surface area contributed by atoms with Gasteiger partial charge in [-0.3, -0.25) is 0 Å². The summed E-state index contributed by atoms with van der Waals surface area (Å²) in [5, 5.41) is 3.05. The number of methoxy groups -OCH3 is 1. The number of halogens is 5. The van der Waals surface area contributed by atoms with E-state index in [1.807, 2.05) is 11.8 Å². The van der Waals surface area contributed by atoms with Crippen molar-refractivity contribution >= 4 is 29.9 Å². The maximum Gasteiger partial charge on any atom is 0.194 e. The summed E-state index contributed by atoms with van der Waals surface area (Å²) in [6.07, 6.45) is 2.55. The highest BCUT2D eigenvalue weighted by Crippen LogP contribution is 2.20. The number of guanidine groups is 1. The zero-order chi connectivity index (χ0) is 20.5. The molecule has 1 aliphatic rings. The summed E-state index contributed by atoms with van der Waals surface area (Å²) >= 11 is 0. The fourth-order valence-electron chi connectivity index (χ4n) is 3.03. The smallest absolute Gasteiger partial charge is 0.194 e. The normalized spacial score (nSPS) is 15.4. The van der Waals surface area contributed by atoms with Crippen LogP contribution in [-0.4, -0.2) is 56.9 Å². The Balaban J connectivity index is 0.00000420. The molecule has 0 bridgehead atoms. The molecular formula is C19H28F4IN3O2. The highest BCUT2D eigenvalue weighted by Gasteiger charge is 2.23. The average molecular weight is 533 g/mol. The first-order valence-corrected chi connectivity index (χ1v) is 9.43. The molecule has 1 fully saturated rings. The summed E-state index contributed by atoms with van der Waals surface area (Å²) < 4.78 is 65.2. The monoisotopic (exact) mass is 533 g/mol. The predicted molar refractivity (Wildman–Crippen MR) is 114 cm³/mol. The van der Waals surface area contributed by atoms with E-state index in [2.05, 4.69) is 10.3 Å². The third kappa shape index (κ3) is 7.56. The average Bonchev–Trinajstić information content (AvgIpc) is 2.69. The molecule has 1 aromatic carbocycles. The summed E-state index contributed by atoms with van der Waals surface area (Å²) in [6, 6.07) is 0.195. The molecule has 0 saturated carbocycles. The first kappa shape index (κ1) is 25.9. The molecule has 0 radical (unpaired) electrons. The Hall–Kier alpha value is -1.14. The molecule has 0 spiro atoms. The molecular weight excluding hydrogens is 505 g/mol. The van der Waals surface area contributed by atoms with Crippen LogP contribution in [0, 0.1) is 23.3 Å². The predicted octanol–water partition coefficient (Wildman–Crippen LogP) is 3.84. The van der Waals surface area contributed by atoms with Crippen LogP contribution < -0.4 is 5.32 Å². The Morgan fingerprint density at radius 2 is 1.76 bits per heavy atom. The Morgan fingerprint density at radius 3 is 2.31 bits per heavy atom. The van der Waals surface area contributed by atoms with Crippen LogP contribution in [-0.2, 0) is 16.0 Å². The topological polar surface area (TPSA) is 46.1 Å². The van der Waals surface area contributed by atoms with Crippen molar-refractivity contribution in [2.24, 2.45) is 4.99 Å². The van der Waals surface area contributed by atoms with E-state index in [-0.39, 0.29) is 36.1 Å². The Labute approximate surface area is 185 Å². The summed E-state index contributed by atoms with van der Waals surface area (Å²) in [6.45, 7) is 4.52. The van der Waals surface area contributed by atoms with Gasteiger partial charge in [-0.2, -0.15) is 0 Å². The minimum absolute atomic E-state index is 0. The van der Waals surface area contributed by atoms with Crippen molar-refractivity contribution in [1.82, 2.24) is 10.2 Å². The summed E-state index contributed by atoms with van der Waals surface area (Å²) in [7, 11) is 1.65. The van der Waals surface area contributed by atoms with Crippen LogP contribution >= 0.6 is 24.0 Å². The lowest BCUT2D eigenvalue weighted by Crippen LogP contribution is -2.47. The Bertz CT molecular complexity index is 645. The first-order chi connectivity index (χ1) is 13.5. The van der Waals surface area contributed by atoms with E-state index in [9.17, 15) is 17.6 Å². The highest BCUT2D eigenvalue weighted by atomic mass is 127. The lowest BCUT2D eigenvalue weighted by molar-refractivity contribution is 0.00990. The molecule has 166 valence electrons. The molecule has 29 heavy (non-hydrogen) atoms. The largest absolute Gasteiger partial charge is 0.385 e. The first-order valence-electron chi connectivity index (χ1n) is 9.43. The second kappa shape index (κ2) is 13.2. The molecule has 1 heterocycles. The molecule has 0 amide bonds. The number of aliphatic imine (C=N–C) groups is 1. The van der Waals surface area contributed by atoms with Crippen molar-refractivity contribution in [2.75, 3.05) is 40.0 Å². The van der Waals surface area contributed by atoms with Crippen LogP contribution in [0.2, 0.25) is 0 Å². The number of hydrogen-bond acceptors (Lipinski definition) is 3. The molecule has 1 aromatic rings. The molecule has 2 rings (SSSR count). The minimum atomic E-state index is -1.43. The number of hydrogen-bond donors (Lipinski definition) is 1. The van der Waals surface area contributed by atoms with Gasteiger partial charge in [0.25, 0.3) is 0 Å². The number of nitrogens with one attached hydrogen (secondary N) is 1. The van der Waals surface area contributed by atoms with Crippen LogP contribution in [0.3, 0.4) is 0 Å². The van der Waals surface area contributed by atoms with E-state index in [0.717, 1.165) is 19.3 Å². The van der Waals surface area contributed by atoms with Gasteiger partial charge in [0.2, 0.25) is 0 Å². The number of nitrogens with zero attached hydrogens (tertiary/aromatic N) is 2. The van der Waals surface area contributed by atoms with E-state index in [4.69, 9.17) is 9.47 Å². The second-order valence-corrected chi connectivity index (χ2v) is 6.52. The third-order valence-corrected chi connectivity index (χ3v) is 4.51. The van der Waals surface area contributed by atoms with Crippen LogP contribution in [0.4, 0.5) is 17.6 Å². The van der Waals surface area contributed by atoms with Gasteiger partial charge in [0.15, 0.2) is 29.2 Å². The number of ether oxygens (including phenoxy) is 2.